The molecule has 1 unspecified atom stereocenters. The molecule has 164 valence electrons. The second kappa shape index (κ2) is 11.2. The highest BCUT2D eigenvalue weighted by molar-refractivity contribution is 5.74. The molecule has 0 aliphatic heterocycles. The van der Waals surface area contributed by atoms with Gasteiger partial charge in [-0.3, -0.25) is 0 Å². The lowest BCUT2D eigenvalue weighted by Crippen LogP contribution is -2.40. The smallest absolute Gasteiger partial charge is 0.315 e. The van der Waals surface area contributed by atoms with Gasteiger partial charge in [-0.1, -0.05) is 42.5 Å². The van der Waals surface area contributed by atoms with Crippen molar-refractivity contribution < 1.29 is 9.53 Å². The van der Waals surface area contributed by atoms with E-state index in [1.165, 1.54) is 5.56 Å². The third-order valence-corrected chi connectivity index (χ3v) is 5.12. The number of carbonyl (C=O) groups excluding carboxylic acids is 1. The predicted octanol–water partition coefficient (Wildman–Crippen LogP) is 3.34. The topological polar surface area (TPSA) is 71.4 Å². The fourth-order valence-corrected chi connectivity index (χ4v) is 3.48. The second-order valence-electron chi connectivity index (χ2n) is 7.58. The molecule has 0 radical (unpaired) electrons. The van der Waals surface area contributed by atoms with Crippen LogP contribution in [0.5, 0.6) is 5.75 Å². The SMILES string of the molecule is COc1cccc(C(NC(=O)NCCCN(C)Cc2ccccc2)c2nccn2C)c1. The first-order chi connectivity index (χ1) is 15.1. The number of benzene rings is 2. The van der Waals surface area contributed by atoms with Crippen molar-refractivity contribution in [3.05, 3.63) is 83.9 Å². The third-order valence-electron chi connectivity index (χ3n) is 5.12. The summed E-state index contributed by atoms with van der Waals surface area (Å²) < 4.78 is 7.25. The maximum Gasteiger partial charge on any atom is 0.315 e. The second-order valence-corrected chi connectivity index (χ2v) is 7.58. The number of carbonyl (C=O) groups is 1. The van der Waals surface area contributed by atoms with Gasteiger partial charge in [-0.15, -0.1) is 0 Å². The number of rotatable bonds is 10. The van der Waals surface area contributed by atoms with Crippen LogP contribution in [-0.4, -0.2) is 47.7 Å². The van der Waals surface area contributed by atoms with Crippen LogP contribution in [0, 0.1) is 0 Å². The zero-order valence-electron chi connectivity index (χ0n) is 18.4. The zero-order chi connectivity index (χ0) is 22.1. The molecule has 1 atom stereocenters. The Balaban J connectivity index is 1.53. The van der Waals surface area contributed by atoms with E-state index in [1.807, 2.05) is 48.1 Å². The number of hydrogen-bond donors (Lipinski definition) is 2. The lowest BCUT2D eigenvalue weighted by atomic mass is 10.1. The summed E-state index contributed by atoms with van der Waals surface area (Å²) in [4.78, 5) is 19.3. The van der Waals surface area contributed by atoms with Crippen molar-refractivity contribution in [3.8, 4) is 5.75 Å². The standard InChI is InChI=1S/C24H31N5O2/c1-28(18-19-9-5-4-6-10-19)15-8-13-26-24(30)27-22(23-25-14-16-29(23)2)20-11-7-12-21(17-20)31-3/h4-7,9-12,14,16-17,22H,8,13,15,18H2,1-3H3,(H2,26,27,30). The Bertz CT molecular complexity index is 957. The van der Waals surface area contributed by atoms with Gasteiger partial charge in [0.05, 0.1) is 7.11 Å². The Kier molecular flexibility index (Phi) is 8.06. The van der Waals surface area contributed by atoms with Gasteiger partial charge in [-0.25, -0.2) is 9.78 Å². The van der Waals surface area contributed by atoms with Crippen molar-refractivity contribution in [3.63, 3.8) is 0 Å². The Labute approximate surface area is 184 Å². The summed E-state index contributed by atoms with van der Waals surface area (Å²) in [6.07, 6.45) is 4.46. The molecule has 3 aromatic rings. The first-order valence-corrected chi connectivity index (χ1v) is 10.4. The van der Waals surface area contributed by atoms with E-state index in [-0.39, 0.29) is 12.1 Å². The van der Waals surface area contributed by atoms with Crippen LogP contribution in [0.4, 0.5) is 4.79 Å². The highest BCUT2D eigenvalue weighted by atomic mass is 16.5. The van der Waals surface area contributed by atoms with Crippen molar-refractivity contribution in [1.82, 2.24) is 25.1 Å². The summed E-state index contributed by atoms with van der Waals surface area (Å²) in [6, 6.07) is 17.4. The normalized spacial score (nSPS) is 11.9. The Morgan fingerprint density at radius 3 is 2.71 bits per heavy atom. The quantitative estimate of drug-likeness (QED) is 0.493. The first kappa shape index (κ1) is 22.4. The van der Waals surface area contributed by atoms with E-state index in [1.54, 1.807) is 13.3 Å². The maximum absolute atomic E-state index is 12.6. The molecular formula is C24H31N5O2. The van der Waals surface area contributed by atoms with E-state index < -0.39 is 0 Å². The number of nitrogens with one attached hydrogen (secondary N) is 2. The fraction of sp³-hybridized carbons (Fsp3) is 0.333. The zero-order valence-corrected chi connectivity index (χ0v) is 18.4. The molecule has 1 heterocycles. The van der Waals surface area contributed by atoms with Crippen LogP contribution in [-0.2, 0) is 13.6 Å². The number of ether oxygens (including phenoxy) is 1. The summed E-state index contributed by atoms with van der Waals surface area (Å²) >= 11 is 0. The van der Waals surface area contributed by atoms with Gasteiger partial charge in [0.15, 0.2) is 0 Å². The molecule has 0 spiro atoms. The summed E-state index contributed by atoms with van der Waals surface area (Å²) in [7, 11) is 5.63. The molecule has 1 aromatic heterocycles. The number of hydrogen-bond acceptors (Lipinski definition) is 4. The fourth-order valence-electron chi connectivity index (χ4n) is 3.48. The molecule has 0 fully saturated rings. The highest BCUT2D eigenvalue weighted by Gasteiger charge is 2.21. The summed E-state index contributed by atoms with van der Waals surface area (Å²) in [5, 5.41) is 6.02. The monoisotopic (exact) mass is 421 g/mol. The van der Waals surface area contributed by atoms with E-state index >= 15 is 0 Å². The van der Waals surface area contributed by atoms with E-state index in [0.29, 0.717) is 6.54 Å². The molecule has 0 bridgehead atoms. The van der Waals surface area contributed by atoms with Crippen LogP contribution in [0.15, 0.2) is 67.0 Å². The highest BCUT2D eigenvalue weighted by Crippen LogP contribution is 2.24. The first-order valence-electron chi connectivity index (χ1n) is 10.4. The van der Waals surface area contributed by atoms with Gasteiger partial charge >= 0.3 is 6.03 Å². The van der Waals surface area contributed by atoms with Crippen LogP contribution < -0.4 is 15.4 Å². The third kappa shape index (κ3) is 6.58. The van der Waals surface area contributed by atoms with Gasteiger partial charge in [-0.05, 0) is 43.3 Å². The number of aromatic nitrogens is 2. The van der Waals surface area contributed by atoms with Crippen molar-refractivity contribution in [2.24, 2.45) is 7.05 Å². The molecule has 7 heteroatoms. The van der Waals surface area contributed by atoms with Crippen LogP contribution >= 0.6 is 0 Å². The Hall–Kier alpha value is -3.32. The van der Waals surface area contributed by atoms with Crippen molar-refractivity contribution in [2.75, 3.05) is 27.2 Å². The number of amides is 2. The van der Waals surface area contributed by atoms with Crippen molar-refractivity contribution in [1.29, 1.82) is 0 Å². The number of aryl methyl sites for hydroxylation is 1. The number of methoxy groups -OCH3 is 1. The summed E-state index contributed by atoms with van der Waals surface area (Å²) in [6.45, 7) is 2.38. The van der Waals surface area contributed by atoms with Gasteiger partial charge in [0.1, 0.15) is 17.6 Å². The maximum atomic E-state index is 12.6. The molecule has 2 amide bonds. The van der Waals surface area contributed by atoms with Gasteiger partial charge in [-0.2, -0.15) is 0 Å². The van der Waals surface area contributed by atoms with E-state index in [4.69, 9.17) is 4.74 Å². The van der Waals surface area contributed by atoms with Gasteiger partial charge in [0.2, 0.25) is 0 Å². The van der Waals surface area contributed by atoms with Gasteiger partial charge in [0.25, 0.3) is 0 Å². The lowest BCUT2D eigenvalue weighted by molar-refractivity contribution is 0.237. The number of imidazole rings is 1. The molecule has 2 aromatic carbocycles. The molecule has 7 nitrogen and oxygen atoms in total. The van der Waals surface area contributed by atoms with Gasteiger partial charge in [0, 0.05) is 32.5 Å². The largest absolute Gasteiger partial charge is 0.497 e. The Morgan fingerprint density at radius 1 is 1.19 bits per heavy atom. The molecule has 0 saturated heterocycles. The summed E-state index contributed by atoms with van der Waals surface area (Å²) in [5.41, 5.74) is 2.19. The molecule has 31 heavy (non-hydrogen) atoms. The van der Waals surface area contributed by atoms with Gasteiger partial charge < -0.3 is 24.8 Å². The lowest BCUT2D eigenvalue weighted by Gasteiger charge is -2.20. The van der Waals surface area contributed by atoms with Crippen molar-refractivity contribution >= 4 is 6.03 Å². The minimum atomic E-state index is -0.379. The van der Waals surface area contributed by atoms with E-state index in [9.17, 15) is 4.79 Å². The summed E-state index contributed by atoms with van der Waals surface area (Å²) in [5.74, 6) is 1.49. The minimum absolute atomic E-state index is 0.221. The predicted molar refractivity (Wildman–Crippen MR) is 122 cm³/mol. The van der Waals surface area contributed by atoms with E-state index in [2.05, 4.69) is 51.8 Å². The molecule has 0 saturated carbocycles. The van der Waals surface area contributed by atoms with E-state index in [0.717, 1.165) is 36.6 Å². The number of nitrogens with zero attached hydrogens (tertiary/aromatic N) is 3. The van der Waals surface area contributed by atoms with Crippen LogP contribution in [0.2, 0.25) is 0 Å². The molecule has 0 aliphatic rings. The van der Waals surface area contributed by atoms with Crippen molar-refractivity contribution in [2.45, 2.75) is 19.0 Å². The molecule has 3 rings (SSSR count). The minimum Gasteiger partial charge on any atom is -0.497 e. The van der Waals surface area contributed by atoms with Crippen LogP contribution in [0.3, 0.4) is 0 Å². The van der Waals surface area contributed by atoms with Crippen LogP contribution in [0.1, 0.15) is 29.4 Å². The molecular weight excluding hydrogens is 390 g/mol. The Morgan fingerprint density at radius 2 is 2.00 bits per heavy atom. The molecule has 0 aliphatic carbocycles. The molecule has 2 N–H and O–H groups in total. The number of urea groups is 1. The average Bonchev–Trinajstić information content (AvgIpc) is 3.21. The van der Waals surface area contributed by atoms with Crippen LogP contribution in [0.25, 0.3) is 0 Å². The average molecular weight is 422 g/mol.